The molecule has 0 aliphatic rings. The first-order chi connectivity index (χ1) is 17.8. The second kappa shape index (κ2) is 13.9. The highest BCUT2D eigenvalue weighted by molar-refractivity contribution is 6.36. The predicted molar refractivity (Wildman–Crippen MR) is 147 cm³/mol. The molecule has 0 saturated heterocycles. The molecule has 0 bridgehead atoms. The number of para-hydroxylation sites is 2. The highest BCUT2D eigenvalue weighted by Crippen LogP contribution is 2.28. The molecule has 37 heavy (non-hydrogen) atoms. The second-order valence-electron chi connectivity index (χ2n) is 8.68. The monoisotopic (exact) mass is 542 g/mol. The Morgan fingerprint density at radius 2 is 1.54 bits per heavy atom. The van der Waals surface area contributed by atoms with E-state index in [0.717, 1.165) is 12.0 Å². The lowest BCUT2D eigenvalue weighted by molar-refractivity contribution is -0.143. The Bertz CT molecular complexity index is 1170. The van der Waals surface area contributed by atoms with Gasteiger partial charge in [-0.3, -0.25) is 9.59 Å². The van der Waals surface area contributed by atoms with Crippen LogP contribution < -0.4 is 14.8 Å². The van der Waals surface area contributed by atoms with Crippen molar-refractivity contribution in [2.24, 2.45) is 0 Å². The SMILES string of the molecule is CC[C@H](C)NC(=O)[C@H](Cc1ccccc1)N(Cc1c(Cl)cccc1Cl)C(=O)COc1ccccc1OC. The van der Waals surface area contributed by atoms with Gasteiger partial charge in [-0.25, -0.2) is 0 Å². The highest BCUT2D eigenvalue weighted by atomic mass is 35.5. The first kappa shape index (κ1) is 28.4. The van der Waals surface area contributed by atoms with Crippen LogP contribution in [-0.4, -0.2) is 42.5 Å². The maximum absolute atomic E-state index is 13.7. The van der Waals surface area contributed by atoms with Gasteiger partial charge >= 0.3 is 0 Å². The molecule has 2 atom stereocenters. The zero-order valence-corrected chi connectivity index (χ0v) is 22.8. The van der Waals surface area contributed by atoms with Gasteiger partial charge in [0, 0.05) is 34.6 Å². The molecular formula is C29H32Cl2N2O4. The van der Waals surface area contributed by atoms with Gasteiger partial charge in [-0.05, 0) is 43.2 Å². The van der Waals surface area contributed by atoms with Gasteiger partial charge in [0.1, 0.15) is 6.04 Å². The summed E-state index contributed by atoms with van der Waals surface area (Å²) >= 11 is 12.9. The fourth-order valence-corrected chi connectivity index (χ4v) is 4.33. The number of carbonyl (C=O) groups excluding carboxylic acids is 2. The normalized spacial score (nSPS) is 12.4. The van der Waals surface area contributed by atoms with E-state index in [4.69, 9.17) is 32.7 Å². The van der Waals surface area contributed by atoms with Crippen LogP contribution in [0, 0.1) is 0 Å². The van der Waals surface area contributed by atoms with Crippen molar-refractivity contribution in [1.82, 2.24) is 10.2 Å². The molecule has 0 unspecified atom stereocenters. The van der Waals surface area contributed by atoms with Crippen LogP contribution in [0.3, 0.4) is 0 Å². The van der Waals surface area contributed by atoms with Gasteiger partial charge < -0.3 is 19.7 Å². The minimum absolute atomic E-state index is 0.0397. The third-order valence-electron chi connectivity index (χ3n) is 6.08. The van der Waals surface area contributed by atoms with Crippen molar-refractivity contribution in [2.75, 3.05) is 13.7 Å². The zero-order valence-electron chi connectivity index (χ0n) is 21.2. The number of nitrogens with zero attached hydrogens (tertiary/aromatic N) is 1. The molecule has 0 fully saturated rings. The lowest BCUT2D eigenvalue weighted by Gasteiger charge is -2.32. The Balaban J connectivity index is 1.98. The summed E-state index contributed by atoms with van der Waals surface area (Å²) in [4.78, 5) is 28.8. The van der Waals surface area contributed by atoms with E-state index < -0.39 is 6.04 Å². The van der Waals surface area contributed by atoms with Crippen molar-refractivity contribution in [3.05, 3.63) is 94.0 Å². The summed E-state index contributed by atoms with van der Waals surface area (Å²) in [6.07, 6.45) is 1.07. The number of amides is 2. The standard InChI is InChI=1S/C29H32Cl2N2O4/c1-4-20(2)32-29(35)25(17-21-11-6-5-7-12-21)33(18-22-23(30)13-10-14-24(22)31)28(34)19-37-27-16-9-8-15-26(27)36-3/h5-16,20,25H,4,17-19H2,1-3H3,(H,32,35)/t20-,25-/m0/s1. The van der Waals surface area contributed by atoms with Crippen LogP contribution in [0.25, 0.3) is 0 Å². The molecule has 0 heterocycles. The van der Waals surface area contributed by atoms with Crippen LogP contribution >= 0.6 is 23.2 Å². The van der Waals surface area contributed by atoms with Crippen LogP contribution in [0.1, 0.15) is 31.4 Å². The van der Waals surface area contributed by atoms with E-state index in [2.05, 4.69) is 5.32 Å². The molecule has 2 amide bonds. The van der Waals surface area contributed by atoms with Crippen molar-refractivity contribution in [3.63, 3.8) is 0 Å². The maximum Gasteiger partial charge on any atom is 0.261 e. The van der Waals surface area contributed by atoms with Gasteiger partial charge in [-0.2, -0.15) is 0 Å². The van der Waals surface area contributed by atoms with E-state index in [1.165, 1.54) is 12.0 Å². The number of rotatable bonds is 12. The molecular weight excluding hydrogens is 511 g/mol. The van der Waals surface area contributed by atoms with Crippen molar-refractivity contribution in [3.8, 4) is 11.5 Å². The van der Waals surface area contributed by atoms with Gasteiger partial charge in [-0.1, -0.05) is 78.7 Å². The molecule has 3 rings (SSSR count). The smallest absolute Gasteiger partial charge is 0.261 e. The zero-order chi connectivity index (χ0) is 26.8. The Hall–Kier alpha value is -3.22. The van der Waals surface area contributed by atoms with E-state index >= 15 is 0 Å². The van der Waals surface area contributed by atoms with E-state index in [9.17, 15) is 9.59 Å². The van der Waals surface area contributed by atoms with Gasteiger partial charge in [0.25, 0.3) is 5.91 Å². The highest BCUT2D eigenvalue weighted by Gasteiger charge is 2.32. The molecule has 0 spiro atoms. The molecule has 3 aromatic carbocycles. The third-order valence-corrected chi connectivity index (χ3v) is 6.79. The number of methoxy groups -OCH3 is 1. The van der Waals surface area contributed by atoms with Crippen LogP contribution in [-0.2, 0) is 22.6 Å². The van der Waals surface area contributed by atoms with Gasteiger partial charge in [0.05, 0.1) is 7.11 Å². The molecule has 3 aromatic rings. The molecule has 1 N–H and O–H groups in total. The first-order valence-electron chi connectivity index (χ1n) is 12.2. The third kappa shape index (κ3) is 7.88. The van der Waals surface area contributed by atoms with E-state index in [0.29, 0.717) is 33.5 Å². The Morgan fingerprint density at radius 3 is 2.16 bits per heavy atom. The number of nitrogens with one attached hydrogen (secondary N) is 1. The second-order valence-corrected chi connectivity index (χ2v) is 9.50. The van der Waals surface area contributed by atoms with Crippen LogP contribution in [0.5, 0.6) is 11.5 Å². The number of hydrogen-bond acceptors (Lipinski definition) is 4. The average Bonchev–Trinajstić information content (AvgIpc) is 2.91. The summed E-state index contributed by atoms with van der Waals surface area (Å²) in [6, 6.07) is 20.9. The summed E-state index contributed by atoms with van der Waals surface area (Å²) in [5.41, 5.74) is 1.48. The largest absolute Gasteiger partial charge is 0.493 e. The van der Waals surface area contributed by atoms with E-state index in [1.807, 2.05) is 50.2 Å². The minimum Gasteiger partial charge on any atom is -0.493 e. The average molecular weight is 543 g/mol. The van der Waals surface area contributed by atoms with Crippen LogP contribution in [0.15, 0.2) is 72.8 Å². The fraction of sp³-hybridized carbons (Fsp3) is 0.310. The van der Waals surface area contributed by atoms with Crippen molar-refractivity contribution >= 4 is 35.0 Å². The number of halogens is 2. The van der Waals surface area contributed by atoms with Gasteiger partial charge in [-0.15, -0.1) is 0 Å². The summed E-state index contributed by atoms with van der Waals surface area (Å²) in [5, 5.41) is 3.86. The maximum atomic E-state index is 13.7. The quantitative estimate of drug-likeness (QED) is 0.307. The van der Waals surface area contributed by atoms with Gasteiger partial charge in [0.15, 0.2) is 18.1 Å². The molecule has 0 saturated carbocycles. The number of hydrogen-bond donors (Lipinski definition) is 1. The molecule has 8 heteroatoms. The summed E-state index contributed by atoms with van der Waals surface area (Å²) in [6.45, 7) is 3.66. The Morgan fingerprint density at radius 1 is 0.919 bits per heavy atom. The Kier molecular flexibility index (Phi) is 10.7. The van der Waals surface area contributed by atoms with Crippen LogP contribution in [0.4, 0.5) is 0 Å². The molecule has 0 radical (unpaired) electrons. The van der Waals surface area contributed by atoms with Crippen molar-refractivity contribution in [2.45, 2.75) is 45.3 Å². The molecule has 196 valence electrons. The van der Waals surface area contributed by atoms with Crippen LogP contribution in [0.2, 0.25) is 10.0 Å². The molecule has 0 aromatic heterocycles. The summed E-state index contributed by atoms with van der Waals surface area (Å²) in [7, 11) is 1.53. The molecule has 0 aliphatic heterocycles. The lowest BCUT2D eigenvalue weighted by Crippen LogP contribution is -2.53. The van der Waals surface area contributed by atoms with Crippen molar-refractivity contribution < 1.29 is 19.1 Å². The van der Waals surface area contributed by atoms with Gasteiger partial charge in [0.2, 0.25) is 5.91 Å². The molecule has 0 aliphatic carbocycles. The lowest BCUT2D eigenvalue weighted by atomic mass is 10.0. The van der Waals surface area contributed by atoms with Crippen molar-refractivity contribution in [1.29, 1.82) is 0 Å². The minimum atomic E-state index is -0.822. The summed E-state index contributed by atoms with van der Waals surface area (Å²) in [5.74, 6) is 0.290. The first-order valence-corrected chi connectivity index (χ1v) is 12.9. The molecule has 6 nitrogen and oxygen atoms in total. The number of benzene rings is 3. The number of carbonyl (C=O) groups is 2. The Labute approximate surface area is 228 Å². The predicted octanol–water partition coefficient (Wildman–Crippen LogP) is 5.94. The van der Waals surface area contributed by atoms with E-state index in [-0.39, 0.29) is 31.0 Å². The summed E-state index contributed by atoms with van der Waals surface area (Å²) < 4.78 is 11.2. The topological polar surface area (TPSA) is 67.9 Å². The fourth-order valence-electron chi connectivity index (χ4n) is 3.81. The van der Waals surface area contributed by atoms with E-state index in [1.54, 1.807) is 36.4 Å². The number of ether oxygens (including phenoxy) is 2.